The van der Waals surface area contributed by atoms with Crippen LogP contribution in [-0.4, -0.2) is 0 Å². The van der Waals surface area contributed by atoms with Crippen LogP contribution in [0.5, 0.6) is 0 Å². The summed E-state index contributed by atoms with van der Waals surface area (Å²) in [4.78, 5) is 0. The van der Waals surface area contributed by atoms with Crippen LogP contribution >= 0.6 is 11.6 Å². The minimum atomic E-state index is -0.266. The van der Waals surface area contributed by atoms with E-state index in [1.54, 1.807) is 6.07 Å². The van der Waals surface area contributed by atoms with Crippen molar-refractivity contribution < 1.29 is 4.39 Å². The normalized spacial score (nSPS) is 12.9. The van der Waals surface area contributed by atoms with Crippen LogP contribution in [0.1, 0.15) is 37.8 Å². The monoisotopic (exact) mass is 215 g/mol. The Hall–Kier alpha value is -0.600. The number of hydrogen-bond acceptors (Lipinski definition) is 1. The molecule has 3 heteroatoms. The van der Waals surface area contributed by atoms with Gasteiger partial charge in [-0.15, -0.1) is 0 Å². The van der Waals surface area contributed by atoms with Gasteiger partial charge in [0, 0.05) is 16.6 Å². The minimum Gasteiger partial charge on any atom is -0.324 e. The second kappa shape index (κ2) is 5.32. The fourth-order valence-electron chi connectivity index (χ4n) is 1.38. The molecule has 0 radical (unpaired) electrons. The summed E-state index contributed by atoms with van der Waals surface area (Å²) in [5.74, 6) is -0.266. The van der Waals surface area contributed by atoms with Gasteiger partial charge in [-0.3, -0.25) is 0 Å². The molecule has 0 amide bonds. The van der Waals surface area contributed by atoms with Crippen molar-refractivity contribution in [2.45, 2.75) is 32.2 Å². The van der Waals surface area contributed by atoms with Crippen LogP contribution in [0.2, 0.25) is 5.02 Å². The first-order valence-electron chi connectivity index (χ1n) is 4.85. The standard InChI is InChI=1S/C11H15ClFN/c1-2-3-4-11(14)9-7-8(12)5-6-10(9)13/h5-7,11H,2-4,14H2,1H3/t11-/m1/s1. The summed E-state index contributed by atoms with van der Waals surface area (Å²) in [7, 11) is 0. The van der Waals surface area contributed by atoms with Crippen LogP contribution < -0.4 is 5.73 Å². The average Bonchev–Trinajstić information content (AvgIpc) is 2.18. The Morgan fingerprint density at radius 3 is 2.86 bits per heavy atom. The molecule has 2 N–H and O–H groups in total. The van der Waals surface area contributed by atoms with Crippen LogP contribution in [0, 0.1) is 5.82 Å². The van der Waals surface area contributed by atoms with Gasteiger partial charge in [0.25, 0.3) is 0 Å². The third-order valence-electron chi connectivity index (χ3n) is 2.23. The number of unbranched alkanes of at least 4 members (excludes halogenated alkanes) is 1. The van der Waals surface area contributed by atoms with Gasteiger partial charge >= 0.3 is 0 Å². The molecule has 1 nitrogen and oxygen atoms in total. The Kier molecular flexibility index (Phi) is 4.36. The van der Waals surface area contributed by atoms with E-state index in [2.05, 4.69) is 6.92 Å². The zero-order valence-corrected chi connectivity index (χ0v) is 9.02. The molecule has 1 rings (SSSR count). The number of nitrogens with two attached hydrogens (primary N) is 1. The number of rotatable bonds is 4. The van der Waals surface area contributed by atoms with Gasteiger partial charge in [0.05, 0.1) is 0 Å². The second-order valence-corrected chi connectivity index (χ2v) is 3.85. The van der Waals surface area contributed by atoms with Crippen LogP contribution in [-0.2, 0) is 0 Å². The summed E-state index contributed by atoms with van der Waals surface area (Å²) in [5.41, 5.74) is 6.37. The zero-order valence-electron chi connectivity index (χ0n) is 8.26. The molecule has 0 heterocycles. The molecule has 78 valence electrons. The lowest BCUT2D eigenvalue weighted by atomic mass is 10.0. The molecular formula is C11H15ClFN. The van der Waals surface area contributed by atoms with E-state index >= 15 is 0 Å². The highest BCUT2D eigenvalue weighted by molar-refractivity contribution is 6.30. The molecule has 0 aromatic heterocycles. The van der Waals surface area contributed by atoms with E-state index in [0.717, 1.165) is 19.3 Å². The van der Waals surface area contributed by atoms with Crippen molar-refractivity contribution in [2.75, 3.05) is 0 Å². The molecule has 0 aliphatic heterocycles. The lowest BCUT2D eigenvalue weighted by Crippen LogP contribution is -2.11. The largest absolute Gasteiger partial charge is 0.324 e. The van der Waals surface area contributed by atoms with Gasteiger partial charge in [-0.25, -0.2) is 4.39 Å². The molecule has 0 aliphatic carbocycles. The maximum atomic E-state index is 13.3. The van der Waals surface area contributed by atoms with E-state index < -0.39 is 0 Å². The quantitative estimate of drug-likeness (QED) is 0.815. The Bertz CT molecular complexity index is 301. The number of halogens is 2. The summed E-state index contributed by atoms with van der Waals surface area (Å²) in [6.07, 6.45) is 2.87. The molecule has 0 fully saturated rings. The van der Waals surface area contributed by atoms with E-state index in [0.29, 0.717) is 10.6 Å². The highest BCUT2D eigenvalue weighted by Gasteiger charge is 2.10. The van der Waals surface area contributed by atoms with Crippen LogP contribution in [0.25, 0.3) is 0 Å². The van der Waals surface area contributed by atoms with Crippen molar-refractivity contribution in [3.05, 3.63) is 34.6 Å². The van der Waals surface area contributed by atoms with Crippen LogP contribution in [0.15, 0.2) is 18.2 Å². The molecule has 0 saturated carbocycles. The van der Waals surface area contributed by atoms with Crippen molar-refractivity contribution in [3.63, 3.8) is 0 Å². The molecule has 0 aliphatic rings. The number of benzene rings is 1. The first kappa shape index (κ1) is 11.5. The van der Waals surface area contributed by atoms with Gasteiger partial charge in [0.15, 0.2) is 0 Å². The van der Waals surface area contributed by atoms with Crippen molar-refractivity contribution in [3.8, 4) is 0 Å². The summed E-state index contributed by atoms with van der Waals surface area (Å²) in [6.45, 7) is 2.08. The molecule has 0 unspecified atom stereocenters. The Balaban J connectivity index is 2.77. The highest BCUT2D eigenvalue weighted by atomic mass is 35.5. The third-order valence-corrected chi connectivity index (χ3v) is 2.46. The Morgan fingerprint density at radius 2 is 2.21 bits per heavy atom. The van der Waals surface area contributed by atoms with E-state index in [1.807, 2.05) is 0 Å². The molecule has 0 spiro atoms. The van der Waals surface area contributed by atoms with Gasteiger partial charge in [-0.2, -0.15) is 0 Å². The maximum absolute atomic E-state index is 13.3. The van der Waals surface area contributed by atoms with Crippen molar-refractivity contribution in [1.29, 1.82) is 0 Å². The minimum absolute atomic E-state index is 0.242. The van der Waals surface area contributed by atoms with E-state index in [9.17, 15) is 4.39 Å². The third kappa shape index (κ3) is 2.96. The van der Waals surface area contributed by atoms with Gasteiger partial charge < -0.3 is 5.73 Å². The van der Waals surface area contributed by atoms with Gasteiger partial charge in [-0.05, 0) is 24.6 Å². The molecule has 1 atom stereocenters. The van der Waals surface area contributed by atoms with Crippen LogP contribution in [0.4, 0.5) is 4.39 Å². The topological polar surface area (TPSA) is 26.0 Å². The lowest BCUT2D eigenvalue weighted by molar-refractivity contribution is 0.548. The number of hydrogen-bond donors (Lipinski definition) is 1. The lowest BCUT2D eigenvalue weighted by Gasteiger charge is -2.12. The van der Waals surface area contributed by atoms with E-state index in [-0.39, 0.29) is 11.9 Å². The Labute approximate surface area is 89.1 Å². The molecule has 1 aromatic carbocycles. The smallest absolute Gasteiger partial charge is 0.128 e. The molecule has 14 heavy (non-hydrogen) atoms. The van der Waals surface area contributed by atoms with Gasteiger partial charge in [-0.1, -0.05) is 31.4 Å². The summed E-state index contributed by atoms with van der Waals surface area (Å²) < 4.78 is 13.3. The molecular weight excluding hydrogens is 201 g/mol. The van der Waals surface area contributed by atoms with Crippen molar-refractivity contribution >= 4 is 11.6 Å². The van der Waals surface area contributed by atoms with Crippen molar-refractivity contribution in [1.82, 2.24) is 0 Å². The first-order chi connectivity index (χ1) is 6.65. The SMILES string of the molecule is CCCC[C@@H](N)c1cc(Cl)ccc1F. The van der Waals surface area contributed by atoms with Crippen molar-refractivity contribution in [2.24, 2.45) is 5.73 Å². The molecule has 0 bridgehead atoms. The fraction of sp³-hybridized carbons (Fsp3) is 0.455. The maximum Gasteiger partial charge on any atom is 0.128 e. The molecule has 0 saturated heterocycles. The summed E-state index contributed by atoms with van der Waals surface area (Å²) in [5, 5.41) is 0.536. The molecule has 1 aromatic rings. The van der Waals surface area contributed by atoms with Crippen LogP contribution in [0.3, 0.4) is 0 Å². The van der Waals surface area contributed by atoms with Gasteiger partial charge in [0.2, 0.25) is 0 Å². The predicted octanol–water partition coefficient (Wildman–Crippen LogP) is 3.67. The Morgan fingerprint density at radius 1 is 1.50 bits per heavy atom. The first-order valence-corrected chi connectivity index (χ1v) is 5.23. The zero-order chi connectivity index (χ0) is 10.6. The predicted molar refractivity (Wildman–Crippen MR) is 57.9 cm³/mol. The van der Waals surface area contributed by atoms with Gasteiger partial charge in [0.1, 0.15) is 5.82 Å². The fourth-order valence-corrected chi connectivity index (χ4v) is 1.56. The summed E-state index contributed by atoms with van der Waals surface area (Å²) in [6, 6.07) is 4.27. The highest BCUT2D eigenvalue weighted by Crippen LogP contribution is 2.23. The average molecular weight is 216 g/mol. The van der Waals surface area contributed by atoms with E-state index in [1.165, 1.54) is 12.1 Å². The van der Waals surface area contributed by atoms with E-state index in [4.69, 9.17) is 17.3 Å². The summed E-state index contributed by atoms with van der Waals surface area (Å²) >= 11 is 5.77. The second-order valence-electron chi connectivity index (χ2n) is 3.41.